The van der Waals surface area contributed by atoms with Crippen molar-refractivity contribution in [1.29, 1.82) is 0 Å². The highest BCUT2D eigenvalue weighted by Crippen LogP contribution is 2.22. The van der Waals surface area contributed by atoms with Crippen molar-refractivity contribution in [2.45, 2.75) is 19.3 Å². The minimum Gasteiger partial charge on any atom is -0.497 e. The van der Waals surface area contributed by atoms with Crippen LogP contribution in [0.2, 0.25) is 0 Å². The number of amides is 1. The fourth-order valence-electron chi connectivity index (χ4n) is 3.21. The molecular formula is C19H26N4O2. The first-order valence-electron chi connectivity index (χ1n) is 8.86. The number of carbonyl (C=O) groups excluding carboxylic acids is 1. The molecule has 0 unspecified atom stereocenters. The van der Waals surface area contributed by atoms with Gasteiger partial charge in [-0.15, -0.1) is 0 Å². The van der Waals surface area contributed by atoms with Crippen LogP contribution < -0.4 is 10.1 Å². The molecule has 1 aliphatic rings. The molecule has 1 aliphatic heterocycles. The molecule has 1 aromatic heterocycles. The summed E-state index contributed by atoms with van der Waals surface area (Å²) in [6.07, 6.45) is 3.85. The summed E-state index contributed by atoms with van der Waals surface area (Å²) in [5.74, 6) is 0.689. The minimum absolute atomic E-state index is 0.118. The van der Waals surface area contributed by atoms with Gasteiger partial charge >= 0.3 is 0 Å². The number of ether oxygens (including phenoxy) is 1. The van der Waals surface area contributed by atoms with E-state index in [1.807, 2.05) is 37.4 Å². The molecule has 1 amide bonds. The number of methoxy groups -OCH3 is 1. The summed E-state index contributed by atoms with van der Waals surface area (Å²) in [7, 11) is 3.50. The van der Waals surface area contributed by atoms with Crippen LogP contribution in [0.25, 0.3) is 11.3 Å². The first-order chi connectivity index (χ1) is 12.2. The average molecular weight is 342 g/mol. The van der Waals surface area contributed by atoms with Crippen molar-refractivity contribution in [2.75, 3.05) is 33.3 Å². The van der Waals surface area contributed by atoms with Crippen LogP contribution in [0.15, 0.2) is 30.3 Å². The van der Waals surface area contributed by atoms with E-state index in [1.165, 1.54) is 19.3 Å². The Bertz CT molecular complexity index is 703. The number of aryl methyl sites for hydroxylation is 1. The summed E-state index contributed by atoms with van der Waals surface area (Å²) >= 11 is 0. The maximum atomic E-state index is 12.4. The zero-order chi connectivity index (χ0) is 17.6. The van der Waals surface area contributed by atoms with Gasteiger partial charge in [0.2, 0.25) is 0 Å². The van der Waals surface area contributed by atoms with Gasteiger partial charge < -0.3 is 15.0 Å². The quantitative estimate of drug-likeness (QED) is 0.875. The lowest BCUT2D eigenvalue weighted by Crippen LogP contribution is -2.37. The highest BCUT2D eigenvalue weighted by molar-refractivity contribution is 5.93. The topological polar surface area (TPSA) is 59.4 Å². The minimum atomic E-state index is -0.118. The molecule has 25 heavy (non-hydrogen) atoms. The molecule has 2 aromatic rings. The Labute approximate surface area is 148 Å². The highest BCUT2D eigenvalue weighted by Gasteiger charge is 2.15. The molecule has 2 heterocycles. The summed E-state index contributed by atoms with van der Waals surface area (Å²) in [6.45, 7) is 3.85. The molecule has 0 aliphatic carbocycles. The van der Waals surface area contributed by atoms with E-state index in [1.54, 1.807) is 11.8 Å². The normalized spacial score (nSPS) is 15.1. The zero-order valence-corrected chi connectivity index (χ0v) is 15.0. The van der Waals surface area contributed by atoms with Crippen LogP contribution in [-0.2, 0) is 7.05 Å². The third-order valence-corrected chi connectivity index (χ3v) is 4.66. The largest absolute Gasteiger partial charge is 0.497 e. The Balaban J connectivity index is 1.59. The molecule has 3 rings (SSSR count). The van der Waals surface area contributed by atoms with E-state index < -0.39 is 0 Å². The van der Waals surface area contributed by atoms with Crippen LogP contribution in [0, 0.1) is 0 Å². The van der Waals surface area contributed by atoms with Crippen molar-refractivity contribution in [3.8, 4) is 17.0 Å². The lowest BCUT2D eigenvalue weighted by Gasteiger charge is -2.26. The Kier molecular flexibility index (Phi) is 5.71. The predicted octanol–water partition coefficient (Wildman–Crippen LogP) is 2.31. The van der Waals surface area contributed by atoms with Gasteiger partial charge in [-0.3, -0.25) is 9.48 Å². The van der Waals surface area contributed by atoms with Gasteiger partial charge in [-0.1, -0.05) is 6.42 Å². The van der Waals surface area contributed by atoms with Crippen LogP contribution >= 0.6 is 0 Å². The number of nitrogens with one attached hydrogen (secondary N) is 1. The average Bonchev–Trinajstić information content (AvgIpc) is 3.04. The number of piperidine rings is 1. The van der Waals surface area contributed by atoms with Crippen molar-refractivity contribution in [2.24, 2.45) is 7.05 Å². The summed E-state index contributed by atoms with van der Waals surface area (Å²) in [5.41, 5.74) is 2.36. The van der Waals surface area contributed by atoms with Crippen molar-refractivity contribution >= 4 is 5.91 Å². The Morgan fingerprint density at radius 1 is 1.20 bits per heavy atom. The van der Waals surface area contributed by atoms with Crippen molar-refractivity contribution < 1.29 is 9.53 Å². The van der Waals surface area contributed by atoms with Crippen LogP contribution in [0.1, 0.15) is 29.8 Å². The van der Waals surface area contributed by atoms with Gasteiger partial charge in [-0.25, -0.2) is 0 Å². The molecule has 0 atom stereocenters. The van der Waals surface area contributed by atoms with Gasteiger partial charge in [0.15, 0.2) is 5.69 Å². The maximum Gasteiger partial charge on any atom is 0.271 e. The van der Waals surface area contributed by atoms with E-state index in [-0.39, 0.29) is 5.91 Å². The molecule has 1 fully saturated rings. The van der Waals surface area contributed by atoms with Crippen molar-refractivity contribution in [3.05, 3.63) is 36.0 Å². The van der Waals surface area contributed by atoms with Crippen molar-refractivity contribution in [1.82, 2.24) is 20.0 Å². The first-order valence-corrected chi connectivity index (χ1v) is 8.86. The van der Waals surface area contributed by atoms with E-state index in [9.17, 15) is 4.79 Å². The summed E-state index contributed by atoms with van der Waals surface area (Å²) in [6, 6.07) is 9.57. The monoisotopic (exact) mass is 342 g/mol. The van der Waals surface area contributed by atoms with E-state index >= 15 is 0 Å². The number of likely N-dealkylation sites (tertiary alicyclic amines) is 1. The highest BCUT2D eigenvalue weighted by atomic mass is 16.5. The van der Waals surface area contributed by atoms with E-state index in [0.717, 1.165) is 36.6 Å². The molecule has 0 saturated carbocycles. The van der Waals surface area contributed by atoms with Gasteiger partial charge in [-0.05, 0) is 56.3 Å². The van der Waals surface area contributed by atoms with E-state index in [2.05, 4.69) is 15.3 Å². The molecule has 6 nitrogen and oxygen atoms in total. The second kappa shape index (κ2) is 8.16. The molecule has 1 aromatic carbocycles. The number of aromatic nitrogens is 2. The lowest BCUT2D eigenvalue weighted by atomic mass is 10.1. The van der Waals surface area contributed by atoms with Crippen LogP contribution in [0.3, 0.4) is 0 Å². The zero-order valence-electron chi connectivity index (χ0n) is 15.0. The third kappa shape index (κ3) is 4.39. The second-order valence-electron chi connectivity index (χ2n) is 6.43. The van der Waals surface area contributed by atoms with Crippen LogP contribution in [0.5, 0.6) is 5.75 Å². The predicted molar refractivity (Wildman–Crippen MR) is 97.8 cm³/mol. The fourth-order valence-corrected chi connectivity index (χ4v) is 3.21. The van der Waals surface area contributed by atoms with Crippen LogP contribution in [-0.4, -0.2) is 53.9 Å². The van der Waals surface area contributed by atoms with Crippen molar-refractivity contribution in [3.63, 3.8) is 0 Å². The Hall–Kier alpha value is -2.34. The van der Waals surface area contributed by atoms with Crippen LogP contribution in [0.4, 0.5) is 0 Å². The van der Waals surface area contributed by atoms with Gasteiger partial charge in [0.25, 0.3) is 5.91 Å². The number of hydrogen-bond acceptors (Lipinski definition) is 4. The lowest BCUT2D eigenvalue weighted by molar-refractivity contribution is 0.0941. The Morgan fingerprint density at radius 2 is 1.92 bits per heavy atom. The number of nitrogens with zero attached hydrogens (tertiary/aromatic N) is 3. The van der Waals surface area contributed by atoms with Gasteiger partial charge in [0.05, 0.1) is 12.8 Å². The van der Waals surface area contributed by atoms with Gasteiger partial charge in [-0.2, -0.15) is 5.10 Å². The summed E-state index contributed by atoms with van der Waals surface area (Å²) in [4.78, 5) is 14.8. The molecule has 6 heteroatoms. The summed E-state index contributed by atoms with van der Waals surface area (Å²) in [5, 5.41) is 7.33. The smallest absolute Gasteiger partial charge is 0.271 e. The fraction of sp³-hybridized carbons (Fsp3) is 0.474. The molecule has 1 N–H and O–H groups in total. The maximum absolute atomic E-state index is 12.4. The standard InChI is InChI=1S/C19H26N4O2/c1-22-18(15-6-8-16(25-2)9-7-15)14-17(21-22)19(24)20-10-13-23-11-4-3-5-12-23/h6-9,14H,3-5,10-13H2,1-2H3,(H,20,24). The Morgan fingerprint density at radius 3 is 2.60 bits per heavy atom. The third-order valence-electron chi connectivity index (χ3n) is 4.66. The number of benzene rings is 1. The summed E-state index contributed by atoms with van der Waals surface area (Å²) < 4.78 is 6.92. The molecule has 1 saturated heterocycles. The molecular weight excluding hydrogens is 316 g/mol. The molecule has 0 bridgehead atoms. The molecule has 134 valence electrons. The van der Waals surface area contributed by atoms with Gasteiger partial charge in [0.1, 0.15) is 5.75 Å². The first kappa shape index (κ1) is 17.5. The second-order valence-corrected chi connectivity index (χ2v) is 6.43. The molecule has 0 radical (unpaired) electrons. The van der Waals surface area contributed by atoms with Gasteiger partial charge in [0, 0.05) is 25.7 Å². The number of carbonyl (C=O) groups is 1. The van der Waals surface area contributed by atoms with E-state index in [0.29, 0.717) is 12.2 Å². The SMILES string of the molecule is COc1ccc(-c2cc(C(=O)NCCN3CCCCC3)nn2C)cc1. The van der Waals surface area contributed by atoms with E-state index in [4.69, 9.17) is 4.74 Å². The number of hydrogen-bond donors (Lipinski definition) is 1. The number of rotatable bonds is 6. The molecule has 0 spiro atoms.